The van der Waals surface area contributed by atoms with Crippen LogP contribution in [0.4, 0.5) is 26.3 Å². The molecule has 1 aromatic carbocycles. The first kappa shape index (κ1) is 18.3. The second kappa shape index (κ2) is 6.45. The van der Waals surface area contributed by atoms with Gasteiger partial charge in [0.1, 0.15) is 17.1 Å². The van der Waals surface area contributed by atoms with Crippen molar-refractivity contribution in [2.45, 2.75) is 12.5 Å². The first-order chi connectivity index (χ1) is 11.5. The topological polar surface area (TPSA) is 81.5 Å². The molecule has 0 spiro atoms. The lowest BCUT2D eigenvalue weighted by Crippen LogP contribution is -2.17. The summed E-state index contributed by atoms with van der Waals surface area (Å²) in [6.07, 6.45) is -9.91. The minimum Gasteiger partial charge on any atom is -0.477 e. The van der Waals surface area contributed by atoms with Gasteiger partial charge in [-0.05, 0) is 18.2 Å². The van der Waals surface area contributed by atoms with E-state index in [-0.39, 0.29) is 11.8 Å². The van der Waals surface area contributed by atoms with E-state index in [4.69, 9.17) is 9.84 Å². The van der Waals surface area contributed by atoms with Gasteiger partial charge in [0.15, 0.2) is 5.69 Å². The van der Waals surface area contributed by atoms with Crippen molar-refractivity contribution in [3.8, 4) is 17.4 Å². The Hall–Kier alpha value is -3.05. The highest BCUT2D eigenvalue weighted by molar-refractivity contribution is 5.90. The van der Waals surface area contributed by atoms with Crippen LogP contribution >= 0.6 is 0 Å². The molecule has 1 N–H and O–H groups in total. The summed E-state index contributed by atoms with van der Waals surface area (Å²) in [7, 11) is 0. The quantitative estimate of drug-likeness (QED) is 0.825. The minimum absolute atomic E-state index is 0.195. The highest BCUT2D eigenvalue weighted by atomic mass is 19.4. The normalized spacial score (nSPS) is 11.9. The number of hydrogen-bond acceptors (Lipinski definition) is 5. The molecule has 0 aliphatic heterocycles. The predicted molar refractivity (Wildman–Crippen MR) is 67.2 cm³/mol. The Bertz CT molecular complexity index is 791. The van der Waals surface area contributed by atoms with E-state index in [0.29, 0.717) is 0 Å². The lowest BCUT2D eigenvalue weighted by atomic mass is 10.2. The molecule has 0 aliphatic carbocycles. The van der Waals surface area contributed by atoms with E-state index in [9.17, 15) is 31.1 Å². The van der Waals surface area contributed by atoms with E-state index in [1.165, 1.54) is 0 Å². The fourth-order valence-corrected chi connectivity index (χ4v) is 1.59. The van der Waals surface area contributed by atoms with Gasteiger partial charge < -0.3 is 14.6 Å². The second-order valence-electron chi connectivity index (χ2n) is 4.38. The molecule has 1 heterocycles. The van der Waals surface area contributed by atoms with Gasteiger partial charge in [0.2, 0.25) is 0 Å². The number of benzene rings is 1. The predicted octanol–water partition coefficient (Wildman–Crippen LogP) is 3.88. The molecule has 0 fully saturated rings. The van der Waals surface area contributed by atoms with E-state index in [2.05, 4.69) is 14.9 Å². The Labute approximate surface area is 134 Å². The van der Waals surface area contributed by atoms with Crippen molar-refractivity contribution in [2.75, 3.05) is 0 Å². The van der Waals surface area contributed by atoms with Crippen LogP contribution in [0.25, 0.3) is 0 Å². The third kappa shape index (κ3) is 4.96. The van der Waals surface area contributed by atoms with Gasteiger partial charge >= 0.3 is 18.5 Å². The van der Waals surface area contributed by atoms with E-state index in [1.807, 2.05) is 0 Å². The maximum Gasteiger partial charge on any atom is 0.573 e. The molecule has 0 aliphatic rings. The number of hydrogen-bond donors (Lipinski definition) is 1. The Morgan fingerprint density at radius 3 is 2.20 bits per heavy atom. The number of ether oxygens (including phenoxy) is 2. The van der Waals surface area contributed by atoms with Gasteiger partial charge in [-0.25, -0.2) is 4.79 Å². The Morgan fingerprint density at radius 1 is 1.00 bits per heavy atom. The number of alkyl halides is 6. The third-order valence-electron chi connectivity index (χ3n) is 2.53. The van der Waals surface area contributed by atoms with Gasteiger partial charge in [0, 0.05) is 6.07 Å². The van der Waals surface area contributed by atoms with Gasteiger partial charge in [-0.1, -0.05) is 6.07 Å². The van der Waals surface area contributed by atoms with Gasteiger partial charge in [-0.3, -0.25) is 0 Å². The van der Waals surface area contributed by atoms with E-state index >= 15 is 0 Å². The Kier molecular flexibility index (Phi) is 4.72. The highest BCUT2D eigenvalue weighted by Crippen LogP contribution is 2.32. The molecular formula is C13H6F6N2O4. The Balaban J connectivity index is 2.34. The molecule has 6 nitrogen and oxygen atoms in total. The molecule has 0 amide bonds. The number of aromatic nitrogens is 2. The first-order valence-corrected chi connectivity index (χ1v) is 6.17. The standard InChI is InChI=1S/C13H6F6N2O4/c14-12(15,16)9-5-8(11(22)23)10(21-20-9)24-6-2-1-3-7(4-6)25-13(17,18)19/h1-5H,(H,22,23). The maximum atomic E-state index is 12.5. The van der Waals surface area contributed by atoms with Crippen molar-refractivity contribution in [1.29, 1.82) is 0 Å². The summed E-state index contributed by atoms with van der Waals surface area (Å²) in [5.41, 5.74) is -2.53. The third-order valence-corrected chi connectivity index (χ3v) is 2.53. The van der Waals surface area contributed by atoms with Gasteiger partial charge in [-0.2, -0.15) is 13.2 Å². The number of carbonyl (C=O) groups is 1. The van der Waals surface area contributed by atoms with E-state index in [0.717, 1.165) is 24.3 Å². The summed E-state index contributed by atoms with van der Waals surface area (Å²) in [6, 6.07) is 4.10. The summed E-state index contributed by atoms with van der Waals surface area (Å²) >= 11 is 0. The fourth-order valence-electron chi connectivity index (χ4n) is 1.59. The van der Waals surface area contributed by atoms with Crippen LogP contribution in [-0.2, 0) is 6.18 Å². The minimum atomic E-state index is -4.97. The molecule has 0 saturated carbocycles. The largest absolute Gasteiger partial charge is 0.573 e. The van der Waals surface area contributed by atoms with Crippen LogP contribution < -0.4 is 9.47 Å². The molecule has 134 valence electrons. The van der Waals surface area contributed by atoms with Crippen molar-refractivity contribution in [3.05, 3.63) is 41.6 Å². The average molecular weight is 368 g/mol. The summed E-state index contributed by atoms with van der Waals surface area (Å²) in [5.74, 6) is -3.65. The highest BCUT2D eigenvalue weighted by Gasteiger charge is 2.35. The molecule has 0 radical (unpaired) electrons. The molecule has 0 bridgehead atoms. The van der Waals surface area contributed by atoms with Gasteiger partial charge in [0.05, 0.1) is 0 Å². The van der Waals surface area contributed by atoms with E-state index < -0.39 is 41.4 Å². The summed E-state index contributed by atoms with van der Waals surface area (Å²) in [6.45, 7) is 0. The zero-order valence-electron chi connectivity index (χ0n) is 11.7. The molecule has 2 aromatic rings. The van der Waals surface area contributed by atoms with Crippen molar-refractivity contribution < 1.29 is 45.7 Å². The van der Waals surface area contributed by atoms with Crippen molar-refractivity contribution in [2.24, 2.45) is 0 Å². The number of carboxylic acids is 1. The van der Waals surface area contributed by atoms with Gasteiger partial charge in [0.25, 0.3) is 5.88 Å². The van der Waals surface area contributed by atoms with Crippen LogP contribution in [0.1, 0.15) is 16.1 Å². The average Bonchev–Trinajstić information content (AvgIpc) is 2.44. The van der Waals surface area contributed by atoms with Gasteiger partial charge in [-0.15, -0.1) is 23.4 Å². The van der Waals surface area contributed by atoms with Crippen molar-refractivity contribution in [1.82, 2.24) is 10.2 Å². The number of aromatic carboxylic acids is 1. The van der Waals surface area contributed by atoms with E-state index in [1.54, 1.807) is 0 Å². The number of carboxylic acid groups (broad SMARTS) is 1. The zero-order valence-corrected chi connectivity index (χ0v) is 11.7. The molecule has 0 atom stereocenters. The van der Waals surface area contributed by atoms with Crippen LogP contribution in [0, 0.1) is 0 Å². The lowest BCUT2D eigenvalue weighted by Gasteiger charge is -2.12. The van der Waals surface area contributed by atoms with Crippen LogP contribution in [0.15, 0.2) is 30.3 Å². The molecule has 2 rings (SSSR count). The van der Waals surface area contributed by atoms with Crippen molar-refractivity contribution in [3.63, 3.8) is 0 Å². The smallest absolute Gasteiger partial charge is 0.477 e. The maximum absolute atomic E-state index is 12.5. The zero-order chi connectivity index (χ0) is 18.8. The number of rotatable bonds is 4. The Morgan fingerprint density at radius 2 is 1.64 bits per heavy atom. The van der Waals surface area contributed by atoms with Crippen LogP contribution in [0.5, 0.6) is 17.4 Å². The van der Waals surface area contributed by atoms with Crippen LogP contribution in [0.3, 0.4) is 0 Å². The molecular weight excluding hydrogens is 362 g/mol. The second-order valence-corrected chi connectivity index (χ2v) is 4.38. The molecule has 12 heteroatoms. The molecule has 1 aromatic heterocycles. The number of nitrogens with zero attached hydrogens (tertiary/aromatic N) is 2. The first-order valence-electron chi connectivity index (χ1n) is 6.17. The SMILES string of the molecule is O=C(O)c1cc(C(F)(F)F)nnc1Oc1cccc(OC(F)(F)F)c1. The van der Waals surface area contributed by atoms with Crippen LogP contribution in [0.2, 0.25) is 0 Å². The summed E-state index contributed by atoms with van der Waals surface area (Å²) < 4.78 is 82.7. The monoisotopic (exact) mass is 368 g/mol. The number of halogens is 6. The summed E-state index contributed by atoms with van der Waals surface area (Å²) in [4.78, 5) is 11.1. The summed E-state index contributed by atoms with van der Waals surface area (Å²) in [5, 5.41) is 14.8. The van der Waals surface area contributed by atoms with Crippen LogP contribution in [-0.4, -0.2) is 27.6 Å². The molecule has 0 unspecified atom stereocenters. The lowest BCUT2D eigenvalue weighted by molar-refractivity contribution is -0.274. The fraction of sp³-hybridized carbons (Fsp3) is 0.154. The molecule has 25 heavy (non-hydrogen) atoms. The van der Waals surface area contributed by atoms with Crippen molar-refractivity contribution >= 4 is 5.97 Å². The molecule has 0 saturated heterocycles.